The summed E-state index contributed by atoms with van der Waals surface area (Å²) < 4.78 is 54.6. The summed E-state index contributed by atoms with van der Waals surface area (Å²) in [6.45, 7) is 14.9. The Kier molecular flexibility index (Phi) is 27.2. The Bertz CT molecular complexity index is 416. The van der Waals surface area contributed by atoms with Gasteiger partial charge in [-0.2, -0.15) is 0 Å². The van der Waals surface area contributed by atoms with Crippen LogP contribution in [0.3, 0.4) is 0 Å². The van der Waals surface area contributed by atoms with Gasteiger partial charge < -0.3 is 52.7 Å². The smallest absolute Gasteiger partial charge is 0.0704 e. The second-order valence-corrected chi connectivity index (χ2v) is 7.92. The van der Waals surface area contributed by atoms with E-state index >= 15 is 0 Å². The third kappa shape index (κ3) is 25.2. The van der Waals surface area contributed by atoms with Crippen molar-refractivity contribution in [2.24, 2.45) is 0 Å². The molecule has 0 amide bonds. The van der Waals surface area contributed by atoms with Gasteiger partial charge in [0.05, 0.1) is 125 Å². The van der Waals surface area contributed by atoms with Crippen molar-refractivity contribution in [1.82, 2.24) is 5.32 Å². The molecule has 1 N–H and O–H groups in total. The molecule has 0 aromatic carbocycles. The van der Waals surface area contributed by atoms with E-state index in [2.05, 4.69) is 5.32 Å². The third-order valence-electron chi connectivity index (χ3n) is 5.05. The first-order chi connectivity index (χ1) is 17.9. The van der Waals surface area contributed by atoms with Gasteiger partial charge in [0.1, 0.15) is 0 Å². The molecule has 1 saturated heterocycles. The van der Waals surface area contributed by atoms with Crippen LogP contribution in [0.15, 0.2) is 0 Å². The molecule has 11 heteroatoms. The van der Waals surface area contributed by atoms with Crippen LogP contribution in [0.5, 0.6) is 0 Å². The Morgan fingerprint density at radius 2 is 0.694 bits per heavy atom. The number of rotatable bonds is 29. The van der Waals surface area contributed by atoms with Gasteiger partial charge in [-0.3, -0.25) is 0 Å². The molecule has 1 heterocycles. The van der Waals surface area contributed by atoms with Crippen molar-refractivity contribution < 1.29 is 47.4 Å². The molecule has 1 aliphatic heterocycles. The van der Waals surface area contributed by atoms with Crippen LogP contribution in [0, 0.1) is 0 Å². The number of piperidine rings is 1. The van der Waals surface area contributed by atoms with Crippen LogP contribution in [-0.2, 0) is 47.4 Å². The van der Waals surface area contributed by atoms with Gasteiger partial charge in [-0.25, -0.2) is 0 Å². The molecular formula is C25H51NO10. The number of hydrogen-bond acceptors (Lipinski definition) is 11. The predicted octanol–water partition coefficient (Wildman–Crippen LogP) is 0.924. The highest BCUT2D eigenvalue weighted by Crippen LogP contribution is 2.06. The fraction of sp³-hybridized carbons (Fsp3) is 1.00. The number of hydrogen-bond donors (Lipinski definition) is 1. The van der Waals surface area contributed by atoms with Gasteiger partial charge in [0.15, 0.2) is 0 Å². The first kappa shape index (κ1) is 33.6. The van der Waals surface area contributed by atoms with Crippen LogP contribution in [-0.4, -0.2) is 145 Å². The average molecular weight is 526 g/mol. The van der Waals surface area contributed by atoms with E-state index in [0.717, 1.165) is 25.9 Å². The van der Waals surface area contributed by atoms with E-state index in [0.29, 0.717) is 132 Å². The second-order valence-electron chi connectivity index (χ2n) is 7.92. The first-order valence-electron chi connectivity index (χ1n) is 13.5. The molecule has 0 unspecified atom stereocenters. The topological polar surface area (TPSA) is 104 Å². The minimum Gasteiger partial charge on any atom is -0.379 e. The van der Waals surface area contributed by atoms with Crippen LogP contribution in [0.4, 0.5) is 0 Å². The molecule has 1 rings (SSSR count). The highest BCUT2D eigenvalue weighted by atomic mass is 16.6. The Labute approximate surface area is 217 Å². The monoisotopic (exact) mass is 525 g/mol. The minimum absolute atomic E-state index is 0.378. The lowest BCUT2D eigenvalue weighted by Gasteiger charge is -2.22. The number of nitrogens with one attached hydrogen (secondary N) is 1. The van der Waals surface area contributed by atoms with Crippen molar-refractivity contribution in [3.63, 3.8) is 0 Å². The van der Waals surface area contributed by atoms with E-state index < -0.39 is 0 Å². The molecule has 0 aromatic heterocycles. The van der Waals surface area contributed by atoms with Crippen LogP contribution >= 0.6 is 0 Å². The maximum Gasteiger partial charge on any atom is 0.0704 e. The van der Waals surface area contributed by atoms with Gasteiger partial charge in [0.25, 0.3) is 0 Å². The molecule has 0 aliphatic carbocycles. The SMILES string of the molecule is CCOCCOCCOCCOCCOCCOCCOCCOCCOCCOC1CCNCC1. The fourth-order valence-electron chi connectivity index (χ4n) is 3.14. The molecule has 36 heavy (non-hydrogen) atoms. The predicted molar refractivity (Wildman–Crippen MR) is 135 cm³/mol. The highest BCUT2D eigenvalue weighted by molar-refractivity contribution is 4.67. The lowest BCUT2D eigenvalue weighted by atomic mass is 10.1. The van der Waals surface area contributed by atoms with Gasteiger partial charge >= 0.3 is 0 Å². The van der Waals surface area contributed by atoms with Gasteiger partial charge in [-0.05, 0) is 32.9 Å². The summed E-state index contributed by atoms with van der Waals surface area (Å²) >= 11 is 0. The van der Waals surface area contributed by atoms with Crippen molar-refractivity contribution >= 4 is 0 Å². The molecular weight excluding hydrogens is 474 g/mol. The van der Waals surface area contributed by atoms with Crippen LogP contribution in [0.1, 0.15) is 19.8 Å². The van der Waals surface area contributed by atoms with Crippen LogP contribution in [0.25, 0.3) is 0 Å². The summed E-state index contributed by atoms with van der Waals surface area (Å²) in [5, 5.41) is 3.33. The van der Waals surface area contributed by atoms with E-state index in [1.165, 1.54) is 0 Å². The zero-order valence-electron chi connectivity index (χ0n) is 22.4. The normalized spacial score (nSPS) is 14.6. The van der Waals surface area contributed by atoms with Crippen LogP contribution in [0.2, 0.25) is 0 Å². The largest absolute Gasteiger partial charge is 0.379 e. The quantitative estimate of drug-likeness (QED) is 0.141. The van der Waals surface area contributed by atoms with Crippen LogP contribution < -0.4 is 5.32 Å². The van der Waals surface area contributed by atoms with Gasteiger partial charge in [-0.1, -0.05) is 0 Å². The molecule has 0 aromatic rings. The van der Waals surface area contributed by atoms with Gasteiger partial charge in [0.2, 0.25) is 0 Å². The summed E-state index contributed by atoms with van der Waals surface area (Å²) in [5.74, 6) is 0. The van der Waals surface area contributed by atoms with E-state index in [4.69, 9.17) is 47.4 Å². The first-order valence-corrected chi connectivity index (χ1v) is 13.5. The van der Waals surface area contributed by atoms with Gasteiger partial charge in [-0.15, -0.1) is 0 Å². The Morgan fingerprint density at radius 1 is 0.417 bits per heavy atom. The summed E-state index contributed by atoms with van der Waals surface area (Å²) in [6, 6.07) is 0. The lowest BCUT2D eigenvalue weighted by molar-refractivity contribution is -0.0321. The molecule has 0 saturated carbocycles. The molecule has 1 fully saturated rings. The van der Waals surface area contributed by atoms with Crippen molar-refractivity contribution in [2.75, 3.05) is 139 Å². The molecule has 216 valence electrons. The molecule has 0 spiro atoms. The van der Waals surface area contributed by atoms with E-state index in [1.54, 1.807) is 0 Å². The standard InChI is InChI=1S/C25H51NO10/c1-2-27-7-8-28-9-10-29-11-12-30-13-14-31-15-16-32-17-18-33-19-20-34-21-22-35-23-24-36-25-3-5-26-6-4-25/h25-26H,2-24H2,1H3. The minimum atomic E-state index is 0.378. The zero-order valence-corrected chi connectivity index (χ0v) is 22.4. The molecule has 0 bridgehead atoms. The molecule has 1 aliphatic rings. The van der Waals surface area contributed by atoms with Crippen molar-refractivity contribution in [1.29, 1.82) is 0 Å². The Balaban J connectivity index is 1.61. The Hall–Kier alpha value is -0.440. The molecule has 0 atom stereocenters. The summed E-state index contributed by atoms with van der Waals surface area (Å²) in [4.78, 5) is 0. The average Bonchev–Trinajstić information content (AvgIpc) is 2.91. The summed E-state index contributed by atoms with van der Waals surface area (Å²) in [7, 11) is 0. The second kappa shape index (κ2) is 29.1. The van der Waals surface area contributed by atoms with Crippen molar-refractivity contribution in [3.8, 4) is 0 Å². The summed E-state index contributed by atoms with van der Waals surface area (Å²) in [5.41, 5.74) is 0. The van der Waals surface area contributed by atoms with Crippen molar-refractivity contribution in [2.45, 2.75) is 25.9 Å². The highest BCUT2D eigenvalue weighted by Gasteiger charge is 2.12. The molecule has 0 radical (unpaired) electrons. The Morgan fingerprint density at radius 3 is 1.00 bits per heavy atom. The third-order valence-corrected chi connectivity index (χ3v) is 5.05. The lowest BCUT2D eigenvalue weighted by Crippen LogP contribution is -2.33. The van der Waals surface area contributed by atoms with Gasteiger partial charge in [0, 0.05) is 6.61 Å². The maximum atomic E-state index is 5.78. The molecule has 11 nitrogen and oxygen atoms in total. The maximum absolute atomic E-state index is 5.78. The summed E-state index contributed by atoms with van der Waals surface area (Å²) in [6.07, 6.45) is 2.55. The number of ether oxygens (including phenoxy) is 10. The van der Waals surface area contributed by atoms with E-state index in [1.807, 2.05) is 6.92 Å². The van der Waals surface area contributed by atoms with Crippen molar-refractivity contribution in [3.05, 3.63) is 0 Å². The van der Waals surface area contributed by atoms with E-state index in [-0.39, 0.29) is 0 Å². The fourth-order valence-corrected chi connectivity index (χ4v) is 3.14. The van der Waals surface area contributed by atoms with E-state index in [9.17, 15) is 0 Å². The zero-order chi connectivity index (χ0) is 25.6.